The molecule has 2 aliphatic heterocycles. The Bertz CT molecular complexity index is 482. The molecule has 2 heterocycles. The third-order valence-corrected chi connectivity index (χ3v) is 4.72. The molecular formula is C17H25FN2O. The van der Waals surface area contributed by atoms with Crippen molar-refractivity contribution in [3.63, 3.8) is 0 Å². The van der Waals surface area contributed by atoms with Gasteiger partial charge in [-0.05, 0) is 32.5 Å². The number of likely N-dealkylation sites (N-methyl/N-ethyl adjacent to an activating group) is 1. The highest BCUT2D eigenvalue weighted by molar-refractivity contribution is 5.17. The fourth-order valence-corrected chi connectivity index (χ4v) is 3.77. The highest BCUT2D eigenvalue weighted by atomic mass is 19.1. The Kier molecular flexibility index (Phi) is 4.57. The van der Waals surface area contributed by atoms with Crippen LogP contribution < -0.4 is 0 Å². The van der Waals surface area contributed by atoms with Gasteiger partial charge < -0.3 is 9.64 Å². The van der Waals surface area contributed by atoms with Crippen molar-refractivity contribution in [1.29, 1.82) is 0 Å². The number of halogens is 1. The molecule has 0 aliphatic carbocycles. The van der Waals surface area contributed by atoms with Gasteiger partial charge in [-0.1, -0.05) is 18.2 Å². The molecule has 0 aromatic heterocycles. The largest absolute Gasteiger partial charge is 0.379 e. The molecule has 4 heteroatoms. The zero-order valence-corrected chi connectivity index (χ0v) is 12.9. The molecule has 1 spiro atoms. The Morgan fingerprint density at radius 1 is 1.24 bits per heavy atom. The Balaban J connectivity index is 1.69. The molecule has 1 aromatic rings. The molecule has 0 bridgehead atoms. The third-order valence-electron chi connectivity index (χ3n) is 4.72. The molecule has 0 radical (unpaired) electrons. The van der Waals surface area contributed by atoms with E-state index >= 15 is 0 Å². The molecule has 116 valence electrons. The van der Waals surface area contributed by atoms with E-state index < -0.39 is 0 Å². The maximum Gasteiger partial charge on any atom is 0.127 e. The number of nitrogens with zero attached hydrogens (tertiary/aromatic N) is 2. The van der Waals surface area contributed by atoms with Crippen LogP contribution in [-0.4, -0.2) is 56.2 Å². The summed E-state index contributed by atoms with van der Waals surface area (Å²) in [5, 5.41) is 0. The maximum atomic E-state index is 13.8. The number of hydrogen-bond donors (Lipinski definition) is 0. The summed E-state index contributed by atoms with van der Waals surface area (Å²) in [6, 6.07) is 7.12. The van der Waals surface area contributed by atoms with E-state index in [1.807, 2.05) is 12.1 Å². The van der Waals surface area contributed by atoms with Crippen LogP contribution >= 0.6 is 0 Å². The lowest BCUT2D eigenvalue weighted by Gasteiger charge is -2.43. The van der Waals surface area contributed by atoms with Crippen LogP contribution in [0.2, 0.25) is 0 Å². The van der Waals surface area contributed by atoms with Crippen LogP contribution in [0.25, 0.3) is 0 Å². The van der Waals surface area contributed by atoms with Gasteiger partial charge in [-0.25, -0.2) is 4.39 Å². The van der Waals surface area contributed by atoms with Gasteiger partial charge in [-0.2, -0.15) is 0 Å². The second kappa shape index (κ2) is 6.42. The second-order valence-corrected chi connectivity index (χ2v) is 6.70. The SMILES string of the molecule is CN1CCOCC2(CCCN(Cc3ccccc3F)C2)C1. The summed E-state index contributed by atoms with van der Waals surface area (Å²) in [5.74, 6) is -0.0913. The summed E-state index contributed by atoms with van der Waals surface area (Å²) < 4.78 is 19.7. The smallest absolute Gasteiger partial charge is 0.127 e. The summed E-state index contributed by atoms with van der Waals surface area (Å²) >= 11 is 0. The van der Waals surface area contributed by atoms with Crippen LogP contribution in [0.15, 0.2) is 24.3 Å². The van der Waals surface area contributed by atoms with Crippen LogP contribution in [0.1, 0.15) is 18.4 Å². The van der Waals surface area contributed by atoms with Gasteiger partial charge in [0, 0.05) is 37.2 Å². The Labute approximate surface area is 126 Å². The van der Waals surface area contributed by atoms with Gasteiger partial charge in [0.2, 0.25) is 0 Å². The van der Waals surface area contributed by atoms with Crippen molar-refractivity contribution in [3.05, 3.63) is 35.6 Å². The molecule has 1 aromatic carbocycles. The molecular weight excluding hydrogens is 267 g/mol. The van der Waals surface area contributed by atoms with Gasteiger partial charge in [-0.3, -0.25) is 4.90 Å². The van der Waals surface area contributed by atoms with Crippen molar-refractivity contribution < 1.29 is 9.13 Å². The number of ether oxygens (including phenoxy) is 1. The fraction of sp³-hybridized carbons (Fsp3) is 0.647. The molecule has 3 rings (SSSR count). The summed E-state index contributed by atoms with van der Waals surface area (Å²) in [4.78, 5) is 4.77. The van der Waals surface area contributed by atoms with E-state index in [2.05, 4.69) is 16.8 Å². The first-order chi connectivity index (χ1) is 10.2. The fourth-order valence-electron chi connectivity index (χ4n) is 3.77. The second-order valence-electron chi connectivity index (χ2n) is 6.70. The van der Waals surface area contributed by atoms with Gasteiger partial charge in [0.1, 0.15) is 5.82 Å². The standard InChI is InChI=1S/C17H25FN2O/c1-19-9-10-21-14-17(12-19)7-4-8-20(13-17)11-15-5-2-3-6-16(15)18/h2-3,5-6H,4,7-14H2,1H3. The van der Waals surface area contributed by atoms with Crippen molar-refractivity contribution in [3.8, 4) is 0 Å². The summed E-state index contributed by atoms with van der Waals surface area (Å²) in [5.41, 5.74) is 1.02. The van der Waals surface area contributed by atoms with Crippen molar-refractivity contribution in [2.75, 3.05) is 46.4 Å². The molecule has 2 fully saturated rings. The molecule has 2 aliphatic rings. The van der Waals surface area contributed by atoms with Crippen LogP contribution in [0.5, 0.6) is 0 Å². The number of benzene rings is 1. The molecule has 1 unspecified atom stereocenters. The molecule has 3 nitrogen and oxygen atoms in total. The minimum absolute atomic E-state index is 0.0913. The first-order valence-corrected chi connectivity index (χ1v) is 7.89. The number of likely N-dealkylation sites (tertiary alicyclic amines) is 1. The average Bonchev–Trinajstić information content (AvgIpc) is 2.63. The lowest BCUT2D eigenvalue weighted by atomic mass is 9.80. The first-order valence-electron chi connectivity index (χ1n) is 7.89. The predicted octanol–water partition coefficient (Wildman–Crippen LogP) is 2.37. The normalized spacial score (nSPS) is 28.7. The van der Waals surface area contributed by atoms with Gasteiger partial charge >= 0.3 is 0 Å². The van der Waals surface area contributed by atoms with Gasteiger partial charge in [0.05, 0.1) is 13.2 Å². The summed E-state index contributed by atoms with van der Waals surface area (Å²) in [7, 11) is 2.17. The zero-order chi connectivity index (χ0) is 14.7. The van der Waals surface area contributed by atoms with Crippen LogP contribution in [0.3, 0.4) is 0 Å². The van der Waals surface area contributed by atoms with Gasteiger partial charge in [0.25, 0.3) is 0 Å². The quantitative estimate of drug-likeness (QED) is 0.832. The topological polar surface area (TPSA) is 15.7 Å². The number of piperidine rings is 1. The van der Waals surface area contributed by atoms with Crippen molar-refractivity contribution in [2.24, 2.45) is 5.41 Å². The lowest BCUT2D eigenvalue weighted by Crippen LogP contribution is -2.49. The lowest BCUT2D eigenvalue weighted by molar-refractivity contribution is 0.00420. The molecule has 0 N–H and O–H groups in total. The van der Waals surface area contributed by atoms with E-state index in [-0.39, 0.29) is 11.2 Å². The van der Waals surface area contributed by atoms with E-state index in [0.29, 0.717) is 6.54 Å². The molecule has 0 saturated carbocycles. The molecule has 21 heavy (non-hydrogen) atoms. The van der Waals surface area contributed by atoms with Crippen LogP contribution in [0, 0.1) is 11.2 Å². The minimum Gasteiger partial charge on any atom is -0.379 e. The Morgan fingerprint density at radius 3 is 2.95 bits per heavy atom. The van der Waals surface area contributed by atoms with E-state index in [0.717, 1.165) is 45.0 Å². The van der Waals surface area contributed by atoms with E-state index in [9.17, 15) is 4.39 Å². The monoisotopic (exact) mass is 292 g/mol. The van der Waals surface area contributed by atoms with Crippen LogP contribution in [-0.2, 0) is 11.3 Å². The Morgan fingerprint density at radius 2 is 2.10 bits per heavy atom. The third kappa shape index (κ3) is 3.62. The first kappa shape index (κ1) is 14.9. The van der Waals surface area contributed by atoms with E-state index in [4.69, 9.17) is 4.74 Å². The van der Waals surface area contributed by atoms with Crippen LogP contribution in [0.4, 0.5) is 4.39 Å². The highest BCUT2D eigenvalue weighted by Gasteiger charge is 2.38. The minimum atomic E-state index is -0.0913. The highest BCUT2D eigenvalue weighted by Crippen LogP contribution is 2.33. The van der Waals surface area contributed by atoms with Crippen molar-refractivity contribution in [2.45, 2.75) is 19.4 Å². The maximum absolute atomic E-state index is 13.8. The van der Waals surface area contributed by atoms with Crippen molar-refractivity contribution in [1.82, 2.24) is 9.80 Å². The summed E-state index contributed by atoms with van der Waals surface area (Å²) in [6.07, 6.45) is 2.39. The number of rotatable bonds is 2. The number of hydrogen-bond acceptors (Lipinski definition) is 3. The Hall–Kier alpha value is -0.970. The van der Waals surface area contributed by atoms with Crippen molar-refractivity contribution >= 4 is 0 Å². The predicted molar refractivity (Wildman–Crippen MR) is 81.7 cm³/mol. The molecule has 0 amide bonds. The van der Waals surface area contributed by atoms with E-state index in [1.165, 1.54) is 12.8 Å². The zero-order valence-electron chi connectivity index (χ0n) is 12.9. The van der Waals surface area contributed by atoms with E-state index in [1.54, 1.807) is 12.1 Å². The van der Waals surface area contributed by atoms with Gasteiger partial charge in [0.15, 0.2) is 0 Å². The average molecular weight is 292 g/mol. The summed E-state index contributed by atoms with van der Waals surface area (Å²) in [6.45, 7) is 6.52. The molecule has 2 saturated heterocycles. The van der Waals surface area contributed by atoms with Gasteiger partial charge in [-0.15, -0.1) is 0 Å². The molecule has 1 atom stereocenters.